The predicted molar refractivity (Wildman–Crippen MR) is 35.5 cm³/mol. The van der Waals surface area contributed by atoms with Crippen molar-refractivity contribution in [3.05, 3.63) is 23.6 Å². The molecule has 0 aromatic heterocycles. The van der Waals surface area contributed by atoms with Crippen LogP contribution in [0.4, 0.5) is 4.39 Å². The summed E-state index contributed by atoms with van der Waals surface area (Å²) in [5.74, 6) is -0.199. The van der Waals surface area contributed by atoms with Crippen molar-refractivity contribution in [1.82, 2.24) is 0 Å². The second-order valence-corrected chi connectivity index (χ2v) is 2.32. The Kier molecular flexibility index (Phi) is 1.67. The molecular formula is C7H10FN. The molecule has 0 aromatic carbocycles. The van der Waals surface area contributed by atoms with Gasteiger partial charge in [-0.25, -0.2) is 4.39 Å². The Morgan fingerprint density at radius 2 is 2.44 bits per heavy atom. The van der Waals surface area contributed by atoms with Gasteiger partial charge in [-0.3, -0.25) is 0 Å². The van der Waals surface area contributed by atoms with Gasteiger partial charge in [0.15, 0.2) is 0 Å². The molecule has 0 saturated carbocycles. The van der Waals surface area contributed by atoms with Crippen LogP contribution >= 0.6 is 0 Å². The second kappa shape index (κ2) is 2.31. The van der Waals surface area contributed by atoms with Gasteiger partial charge in [-0.15, -0.1) is 0 Å². The molecule has 1 nitrogen and oxygen atoms in total. The fraction of sp³-hybridized carbons (Fsp3) is 0.429. The number of rotatable bonds is 0. The second-order valence-electron chi connectivity index (χ2n) is 2.32. The van der Waals surface area contributed by atoms with Gasteiger partial charge in [0.2, 0.25) is 0 Å². The molecule has 1 aliphatic rings. The van der Waals surface area contributed by atoms with Crippen LogP contribution in [-0.2, 0) is 0 Å². The Bertz CT molecular complexity index is 170. The van der Waals surface area contributed by atoms with Gasteiger partial charge in [0.1, 0.15) is 5.83 Å². The lowest BCUT2D eigenvalue weighted by molar-refractivity contribution is 0.534. The number of nitrogens with two attached hydrogens (primary N) is 1. The fourth-order valence-electron chi connectivity index (χ4n) is 0.809. The van der Waals surface area contributed by atoms with E-state index in [-0.39, 0.29) is 5.83 Å². The molecule has 0 heterocycles. The molecule has 0 amide bonds. The number of halogens is 1. The maximum Gasteiger partial charge on any atom is 0.117 e. The SMILES string of the molecule is CC1=CCC(N)C(F)=C1. The molecule has 9 heavy (non-hydrogen) atoms. The normalized spacial score (nSPS) is 27.2. The largest absolute Gasteiger partial charge is 0.322 e. The average Bonchev–Trinajstić information content (AvgIpc) is 1.80. The van der Waals surface area contributed by atoms with Gasteiger partial charge in [0.25, 0.3) is 0 Å². The lowest BCUT2D eigenvalue weighted by atomic mass is 10.0. The van der Waals surface area contributed by atoms with Gasteiger partial charge < -0.3 is 5.73 Å². The zero-order valence-corrected chi connectivity index (χ0v) is 5.39. The molecule has 0 bridgehead atoms. The van der Waals surface area contributed by atoms with E-state index in [2.05, 4.69) is 0 Å². The van der Waals surface area contributed by atoms with Gasteiger partial charge in [-0.1, -0.05) is 11.6 Å². The molecule has 0 fully saturated rings. The van der Waals surface area contributed by atoms with E-state index in [1.165, 1.54) is 6.08 Å². The third-order valence-electron chi connectivity index (χ3n) is 1.41. The molecule has 50 valence electrons. The van der Waals surface area contributed by atoms with Gasteiger partial charge in [0.05, 0.1) is 6.04 Å². The van der Waals surface area contributed by atoms with Crippen molar-refractivity contribution in [2.45, 2.75) is 19.4 Å². The highest BCUT2D eigenvalue weighted by Gasteiger charge is 2.10. The average molecular weight is 127 g/mol. The Balaban J connectivity index is 2.74. The highest BCUT2D eigenvalue weighted by molar-refractivity contribution is 5.26. The van der Waals surface area contributed by atoms with E-state index in [1.54, 1.807) is 0 Å². The summed E-state index contributed by atoms with van der Waals surface area (Å²) < 4.78 is 12.5. The fourth-order valence-corrected chi connectivity index (χ4v) is 0.809. The van der Waals surface area contributed by atoms with Gasteiger partial charge >= 0.3 is 0 Å². The quantitative estimate of drug-likeness (QED) is 0.524. The summed E-state index contributed by atoms with van der Waals surface area (Å²) in [6.45, 7) is 1.87. The minimum Gasteiger partial charge on any atom is -0.322 e. The van der Waals surface area contributed by atoms with Gasteiger partial charge in [-0.2, -0.15) is 0 Å². The monoisotopic (exact) mass is 127 g/mol. The number of hydrogen-bond acceptors (Lipinski definition) is 1. The van der Waals surface area contributed by atoms with Crippen LogP contribution < -0.4 is 5.73 Å². The first-order valence-corrected chi connectivity index (χ1v) is 2.99. The minimum atomic E-state index is -0.395. The summed E-state index contributed by atoms with van der Waals surface area (Å²) in [4.78, 5) is 0. The van der Waals surface area contributed by atoms with Crippen molar-refractivity contribution in [3.63, 3.8) is 0 Å². The highest BCUT2D eigenvalue weighted by Crippen LogP contribution is 2.16. The first kappa shape index (κ1) is 6.49. The summed E-state index contributed by atoms with van der Waals surface area (Å²) in [5, 5.41) is 0. The standard InChI is InChI=1S/C7H10FN/c1-5-2-3-7(9)6(8)4-5/h2,4,7H,3,9H2,1H3. The zero-order chi connectivity index (χ0) is 6.85. The molecule has 1 unspecified atom stereocenters. The van der Waals surface area contributed by atoms with E-state index in [9.17, 15) is 4.39 Å². The maximum absolute atomic E-state index is 12.5. The molecule has 0 spiro atoms. The topological polar surface area (TPSA) is 26.0 Å². The van der Waals surface area contributed by atoms with E-state index in [1.807, 2.05) is 13.0 Å². The van der Waals surface area contributed by atoms with Crippen molar-refractivity contribution in [2.75, 3.05) is 0 Å². The van der Waals surface area contributed by atoms with Crippen molar-refractivity contribution >= 4 is 0 Å². The smallest absolute Gasteiger partial charge is 0.117 e. The predicted octanol–water partition coefficient (Wildman–Crippen LogP) is 1.52. The van der Waals surface area contributed by atoms with Crippen molar-refractivity contribution in [2.24, 2.45) is 5.73 Å². The van der Waals surface area contributed by atoms with Crippen LogP contribution in [0.2, 0.25) is 0 Å². The van der Waals surface area contributed by atoms with Gasteiger partial charge in [-0.05, 0) is 19.4 Å². The molecule has 0 radical (unpaired) electrons. The van der Waals surface area contributed by atoms with Crippen LogP contribution in [-0.4, -0.2) is 6.04 Å². The van der Waals surface area contributed by atoms with Crippen LogP contribution in [0.15, 0.2) is 23.6 Å². The Morgan fingerprint density at radius 3 is 2.89 bits per heavy atom. The molecule has 1 atom stereocenters. The third-order valence-corrected chi connectivity index (χ3v) is 1.41. The Labute approximate surface area is 54.0 Å². The van der Waals surface area contributed by atoms with Crippen molar-refractivity contribution in [3.8, 4) is 0 Å². The zero-order valence-electron chi connectivity index (χ0n) is 5.39. The van der Waals surface area contributed by atoms with E-state index in [0.29, 0.717) is 6.42 Å². The van der Waals surface area contributed by atoms with E-state index in [4.69, 9.17) is 5.73 Å². The van der Waals surface area contributed by atoms with Crippen LogP contribution in [0.3, 0.4) is 0 Å². The summed E-state index contributed by atoms with van der Waals surface area (Å²) in [6, 6.07) is -0.395. The number of hydrogen-bond donors (Lipinski definition) is 1. The van der Waals surface area contributed by atoms with Crippen LogP contribution in [0.5, 0.6) is 0 Å². The highest BCUT2D eigenvalue weighted by atomic mass is 19.1. The van der Waals surface area contributed by atoms with E-state index in [0.717, 1.165) is 5.57 Å². The molecule has 2 heteroatoms. The van der Waals surface area contributed by atoms with Crippen LogP contribution in [0.25, 0.3) is 0 Å². The molecule has 0 saturated heterocycles. The molecule has 0 aliphatic heterocycles. The van der Waals surface area contributed by atoms with Crippen molar-refractivity contribution < 1.29 is 4.39 Å². The molecule has 0 aromatic rings. The molecule has 2 N–H and O–H groups in total. The Hall–Kier alpha value is -0.630. The summed E-state index contributed by atoms with van der Waals surface area (Å²) in [7, 11) is 0. The van der Waals surface area contributed by atoms with Crippen LogP contribution in [0, 0.1) is 0 Å². The van der Waals surface area contributed by atoms with E-state index < -0.39 is 6.04 Å². The summed E-state index contributed by atoms with van der Waals surface area (Å²) in [5.41, 5.74) is 6.32. The Morgan fingerprint density at radius 1 is 1.78 bits per heavy atom. The molecule has 1 rings (SSSR count). The summed E-state index contributed by atoms with van der Waals surface area (Å²) >= 11 is 0. The molecular weight excluding hydrogens is 117 g/mol. The lowest BCUT2D eigenvalue weighted by Crippen LogP contribution is -2.21. The first-order valence-electron chi connectivity index (χ1n) is 2.99. The third kappa shape index (κ3) is 1.39. The van der Waals surface area contributed by atoms with Gasteiger partial charge in [0, 0.05) is 0 Å². The van der Waals surface area contributed by atoms with E-state index >= 15 is 0 Å². The van der Waals surface area contributed by atoms with Crippen molar-refractivity contribution in [1.29, 1.82) is 0 Å². The number of allylic oxidation sites excluding steroid dienone is 2. The van der Waals surface area contributed by atoms with Crippen LogP contribution in [0.1, 0.15) is 13.3 Å². The minimum absolute atomic E-state index is 0.199. The lowest BCUT2D eigenvalue weighted by Gasteiger charge is -2.11. The summed E-state index contributed by atoms with van der Waals surface area (Å²) in [6.07, 6.45) is 4.05. The maximum atomic E-state index is 12.5. The first-order chi connectivity index (χ1) is 4.20. The molecule has 1 aliphatic carbocycles.